The SMILES string of the molecule is CCCCNc1nccn1C1CCC(C)C(C)C1. The van der Waals surface area contributed by atoms with Crippen molar-refractivity contribution in [3.05, 3.63) is 12.4 Å². The molecule has 3 atom stereocenters. The highest BCUT2D eigenvalue weighted by Gasteiger charge is 2.26. The molecule has 0 aliphatic heterocycles. The van der Waals surface area contributed by atoms with Crippen molar-refractivity contribution < 1.29 is 0 Å². The molecule has 1 aromatic rings. The fourth-order valence-corrected chi connectivity index (χ4v) is 2.89. The van der Waals surface area contributed by atoms with E-state index in [2.05, 4.69) is 41.8 Å². The fraction of sp³-hybridized carbons (Fsp3) is 0.800. The first-order chi connectivity index (χ1) is 8.72. The lowest BCUT2D eigenvalue weighted by Gasteiger charge is -2.33. The zero-order valence-corrected chi connectivity index (χ0v) is 12.0. The Kier molecular flexibility index (Phi) is 4.67. The van der Waals surface area contributed by atoms with Crippen LogP contribution in [0.3, 0.4) is 0 Å². The maximum Gasteiger partial charge on any atom is 0.203 e. The minimum Gasteiger partial charge on any atom is -0.356 e. The first kappa shape index (κ1) is 13.4. The number of anilines is 1. The first-order valence-corrected chi connectivity index (χ1v) is 7.49. The highest BCUT2D eigenvalue weighted by Crippen LogP contribution is 2.37. The minimum absolute atomic E-state index is 0.642. The van der Waals surface area contributed by atoms with Crippen molar-refractivity contribution in [1.82, 2.24) is 9.55 Å². The molecule has 0 saturated heterocycles. The molecule has 102 valence electrons. The predicted molar refractivity (Wildman–Crippen MR) is 76.8 cm³/mol. The summed E-state index contributed by atoms with van der Waals surface area (Å²) in [6, 6.07) is 0.642. The molecular weight excluding hydrogens is 222 g/mol. The molecule has 1 heterocycles. The second-order valence-electron chi connectivity index (χ2n) is 5.86. The van der Waals surface area contributed by atoms with Crippen LogP contribution in [-0.2, 0) is 0 Å². The number of unbranched alkanes of at least 4 members (excludes halogenated alkanes) is 1. The van der Waals surface area contributed by atoms with Crippen LogP contribution in [0, 0.1) is 11.8 Å². The molecule has 0 bridgehead atoms. The third-order valence-electron chi connectivity index (χ3n) is 4.45. The normalized spacial score (nSPS) is 28.3. The zero-order chi connectivity index (χ0) is 13.0. The molecule has 2 rings (SSSR count). The van der Waals surface area contributed by atoms with Crippen molar-refractivity contribution in [3.8, 4) is 0 Å². The highest BCUT2D eigenvalue weighted by molar-refractivity contribution is 5.26. The van der Waals surface area contributed by atoms with Crippen molar-refractivity contribution in [3.63, 3.8) is 0 Å². The molecular formula is C15H27N3. The van der Waals surface area contributed by atoms with Gasteiger partial charge in [0.1, 0.15) is 0 Å². The number of rotatable bonds is 5. The van der Waals surface area contributed by atoms with E-state index in [1.165, 1.54) is 32.1 Å². The average Bonchev–Trinajstić information content (AvgIpc) is 2.81. The Morgan fingerprint density at radius 2 is 2.17 bits per heavy atom. The van der Waals surface area contributed by atoms with Gasteiger partial charge in [0.05, 0.1) is 0 Å². The summed E-state index contributed by atoms with van der Waals surface area (Å²) in [4.78, 5) is 4.46. The molecule has 1 fully saturated rings. The molecule has 1 aliphatic carbocycles. The van der Waals surface area contributed by atoms with Crippen LogP contribution in [0.4, 0.5) is 5.95 Å². The lowest BCUT2D eigenvalue weighted by molar-refractivity contribution is 0.212. The van der Waals surface area contributed by atoms with Crippen molar-refractivity contribution in [2.24, 2.45) is 11.8 Å². The van der Waals surface area contributed by atoms with Gasteiger partial charge in [0, 0.05) is 25.0 Å². The summed E-state index contributed by atoms with van der Waals surface area (Å²) in [6.07, 6.45) is 10.4. The number of nitrogens with one attached hydrogen (secondary N) is 1. The van der Waals surface area contributed by atoms with Gasteiger partial charge in [0.15, 0.2) is 0 Å². The largest absolute Gasteiger partial charge is 0.356 e. The van der Waals surface area contributed by atoms with Crippen molar-refractivity contribution in [2.75, 3.05) is 11.9 Å². The summed E-state index contributed by atoms with van der Waals surface area (Å²) in [5.74, 6) is 2.77. The molecule has 18 heavy (non-hydrogen) atoms. The van der Waals surface area contributed by atoms with E-state index in [9.17, 15) is 0 Å². The van der Waals surface area contributed by atoms with E-state index >= 15 is 0 Å². The Morgan fingerprint density at radius 1 is 1.33 bits per heavy atom. The van der Waals surface area contributed by atoms with Gasteiger partial charge in [-0.3, -0.25) is 0 Å². The highest BCUT2D eigenvalue weighted by atomic mass is 15.2. The number of hydrogen-bond acceptors (Lipinski definition) is 2. The van der Waals surface area contributed by atoms with Crippen molar-refractivity contribution in [1.29, 1.82) is 0 Å². The predicted octanol–water partition coefficient (Wildman–Crippen LogP) is 4.09. The molecule has 1 aliphatic rings. The standard InChI is InChI=1S/C15H27N3/c1-4-5-8-16-15-17-9-10-18(15)14-7-6-12(2)13(3)11-14/h9-10,12-14H,4-8,11H2,1-3H3,(H,16,17). The average molecular weight is 249 g/mol. The quantitative estimate of drug-likeness (QED) is 0.796. The molecule has 3 nitrogen and oxygen atoms in total. The monoisotopic (exact) mass is 249 g/mol. The lowest BCUT2D eigenvalue weighted by atomic mass is 9.79. The van der Waals surface area contributed by atoms with Gasteiger partial charge >= 0.3 is 0 Å². The molecule has 1 aromatic heterocycles. The van der Waals surface area contributed by atoms with Gasteiger partial charge in [0.2, 0.25) is 5.95 Å². The third-order valence-corrected chi connectivity index (χ3v) is 4.45. The Bertz CT molecular complexity index is 358. The van der Waals surface area contributed by atoms with Crippen LogP contribution in [0.15, 0.2) is 12.4 Å². The van der Waals surface area contributed by atoms with Crippen molar-refractivity contribution in [2.45, 2.75) is 58.9 Å². The molecule has 0 radical (unpaired) electrons. The van der Waals surface area contributed by atoms with E-state index in [1.807, 2.05) is 6.20 Å². The van der Waals surface area contributed by atoms with E-state index in [1.54, 1.807) is 0 Å². The third kappa shape index (κ3) is 3.06. The number of hydrogen-bond donors (Lipinski definition) is 1. The Hall–Kier alpha value is -0.990. The maximum atomic E-state index is 4.46. The Labute approximate surface area is 111 Å². The molecule has 0 spiro atoms. The van der Waals surface area contributed by atoms with E-state index in [4.69, 9.17) is 0 Å². The molecule has 0 amide bonds. The van der Waals surface area contributed by atoms with Gasteiger partial charge in [0.25, 0.3) is 0 Å². The molecule has 3 heteroatoms. The topological polar surface area (TPSA) is 29.9 Å². The molecule has 0 aromatic carbocycles. The van der Waals surface area contributed by atoms with Gasteiger partial charge < -0.3 is 9.88 Å². The van der Waals surface area contributed by atoms with Crippen LogP contribution in [0.1, 0.15) is 58.9 Å². The number of aromatic nitrogens is 2. The summed E-state index contributed by atoms with van der Waals surface area (Å²) >= 11 is 0. The smallest absolute Gasteiger partial charge is 0.203 e. The van der Waals surface area contributed by atoms with Gasteiger partial charge in [-0.25, -0.2) is 4.98 Å². The van der Waals surface area contributed by atoms with Gasteiger partial charge in [-0.1, -0.05) is 27.2 Å². The second-order valence-corrected chi connectivity index (χ2v) is 5.86. The van der Waals surface area contributed by atoms with E-state index in [0.717, 1.165) is 24.3 Å². The first-order valence-electron chi connectivity index (χ1n) is 7.49. The van der Waals surface area contributed by atoms with Gasteiger partial charge in [-0.2, -0.15) is 0 Å². The molecule has 1 N–H and O–H groups in total. The zero-order valence-electron chi connectivity index (χ0n) is 12.0. The summed E-state index contributed by atoms with van der Waals surface area (Å²) < 4.78 is 2.36. The Balaban J connectivity index is 1.98. The summed E-state index contributed by atoms with van der Waals surface area (Å²) in [6.45, 7) is 8.03. The van der Waals surface area contributed by atoms with E-state index in [-0.39, 0.29) is 0 Å². The maximum absolute atomic E-state index is 4.46. The van der Waals surface area contributed by atoms with Crippen LogP contribution in [0.25, 0.3) is 0 Å². The summed E-state index contributed by atoms with van der Waals surface area (Å²) in [5.41, 5.74) is 0. The minimum atomic E-state index is 0.642. The Morgan fingerprint density at radius 3 is 2.89 bits per heavy atom. The van der Waals surface area contributed by atoms with Crippen LogP contribution < -0.4 is 5.32 Å². The van der Waals surface area contributed by atoms with Gasteiger partial charge in [-0.15, -0.1) is 0 Å². The fourth-order valence-electron chi connectivity index (χ4n) is 2.89. The number of nitrogens with zero attached hydrogens (tertiary/aromatic N) is 2. The van der Waals surface area contributed by atoms with Crippen LogP contribution in [0.2, 0.25) is 0 Å². The summed E-state index contributed by atoms with van der Waals surface area (Å²) in [5, 5.41) is 3.47. The second kappa shape index (κ2) is 6.26. The molecule has 1 saturated carbocycles. The lowest BCUT2D eigenvalue weighted by Crippen LogP contribution is -2.24. The molecule has 3 unspecified atom stereocenters. The van der Waals surface area contributed by atoms with Crippen LogP contribution in [-0.4, -0.2) is 16.1 Å². The van der Waals surface area contributed by atoms with Crippen molar-refractivity contribution >= 4 is 5.95 Å². The number of imidazole rings is 1. The summed E-state index contributed by atoms with van der Waals surface area (Å²) in [7, 11) is 0. The van der Waals surface area contributed by atoms with Crippen LogP contribution >= 0.6 is 0 Å². The van der Waals surface area contributed by atoms with Crippen LogP contribution in [0.5, 0.6) is 0 Å². The van der Waals surface area contributed by atoms with Gasteiger partial charge in [-0.05, 0) is 37.5 Å². The van der Waals surface area contributed by atoms with E-state index < -0.39 is 0 Å². The van der Waals surface area contributed by atoms with E-state index in [0.29, 0.717) is 6.04 Å².